The molecule has 0 spiro atoms. The molecule has 1 saturated heterocycles. The number of rotatable bonds is 3. The Hall–Kier alpha value is -0.400. The van der Waals surface area contributed by atoms with E-state index in [1.54, 1.807) is 11.3 Å². The van der Waals surface area contributed by atoms with E-state index in [-0.39, 0.29) is 30.7 Å². The molecule has 8 heteroatoms. The average Bonchev–Trinajstić information content (AvgIpc) is 2.86. The number of amides is 1. The van der Waals surface area contributed by atoms with Crippen LogP contribution in [-0.4, -0.2) is 41.5 Å². The first kappa shape index (κ1) is 20.6. The number of benzene rings is 1. The van der Waals surface area contributed by atoms with Crippen molar-refractivity contribution >= 4 is 68.2 Å². The van der Waals surface area contributed by atoms with Crippen molar-refractivity contribution in [3.63, 3.8) is 0 Å². The van der Waals surface area contributed by atoms with Crippen LogP contribution in [0.4, 0.5) is 0 Å². The second kappa shape index (κ2) is 9.18. The fourth-order valence-electron chi connectivity index (χ4n) is 2.59. The highest BCUT2D eigenvalue weighted by Crippen LogP contribution is 2.26. The highest BCUT2D eigenvalue weighted by molar-refractivity contribution is 9.10. The number of carbonyl (C=O) groups is 1. The summed E-state index contributed by atoms with van der Waals surface area (Å²) in [4.78, 5) is 18.8. The molecule has 1 atom stereocenters. The van der Waals surface area contributed by atoms with Gasteiger partial charge in [-0.1, -0.05) is 15.9 Å². The van der Waals surface area contributed by atoms with Gasteiger partial charge in [-0.3, -0.25) is 4.79 Å². The monoisotopic (exact) mass is 439 g/mol. The molecule has 1 N–H and O–H groups in total. The number of thiazole rings is 1. The average molecular weight is 441 g/mol. The first-order valence-corrected chi connectivity index (χ1v) is 8.79. The van der Waals surface area contributed by atoms with Crippen molar-refractivity contribution in [2.45, 2.75) is 25.8 Å². The van der Waals surface area contributed by atoms with E-state index in [1.165, 1.54) is 4.70 Å². The van der Waals surface area contributed by atoms with Gasteiger partial charge in [-0.15, -0.1) is 36.2 Å². The number of hydrogen-bond acceptors (Lipinski definition) is 4. The van der Waals surface area contributed by atoms with Crippen molar-refractivity contribution in [3.8, 4) is 0 Å². The van der Waals surface area contributed by atoms with Crippen molar-refractivity contribution in [2.75, 3.05) is 19.6 Å². The van der Waals surface area contributed by atoms with E-state index >= 15 is 0 Å². The summed E-state index contributed by atoms with van der Waals surface area (Å²) in [6, 6.07) is 6.51. The van der Waals surface area contributed by atoms with Crippen LogP contribution in [0.5, 0.6) is 0 Å². The molecule has 0 saturated carbocycles. The van der Waals surface area contributed by atoms with Crippen LogP contribution in [0.3, 0.4) is 0 Å². The predicted octanol–water partition coefficient (Wildman–Crippen LogP) is 3.66. The van der Waals surface area contributed by atoms with E-state index < -0.39 is 0 Å². The lowest BCUT2D eigenvalue weighted by molar-refractivity contribution is -0.132. The molecule has 0 radical (unpaired) electrons. The first-order valence-electron chi connectivity index (χ1n) is 7.18. The molecular weight excluding hydrogens is 421 g/mol. The van der Waals surface area contributed by atoms with Gasteiger partial charge in [0.25, 0.3) is 0 Å². The van der Waals surface area contributed by atoms with Gasteiger partial charge in [0.1, 0.15) is 0 Å². The minimum Gasteiger partial charge on any atom is -0.340 e. The Bertz CT molecular complexity index is 667. The summed E-state index contributed by atoms with van der Waals surface area (Å²) in [5.41, 5.74) is 1.01. The lowest BCUT2D eigenvalue weighted by Gasteiger charge is -2.31. The van der Waals surface area contributed by atoms with Crippen LogP contribution in [0.2, 0.25) is 0 Å². The molecule has 2 aromatic rings. The molecule has 1 unspecified atom stereocenters. The summed E-state index contributed by atoms with van der Waals surface area (Å²) in [6.45, 7) is 4.63. The first-order chi connectivity index (χ1) is 10.1. The summed E-state index contributed by atoms with van der Waals surface area (Å²) in [5, 5.41) is 4.40. The summed E-state index contributed by atoms with van der Waals surface area (Å²) in [5.74, 6) is 0.240. The van der Waals surface area contributed by atoms with Gasteiger partial charge in [-0.25, -0.2) is 4.98 Å². The summed E-state index contributed by atoms with van der Waals surface area (Å²) < 4.78 is 2.22. The maximum atomic E-state index is 12.3. The molecule has 3 rings (SSSR count). The van der Waals surface area contributed by atoms with Crippen LogP contribution in [0.25, 0.3) is 10.2 Å². The van der Waals surface area contributed by atoms with Crippen LogP contribution in [-0.2, 0) is 11.2 Å². The van der Waals surface area contributed by atoms with Crippen LogP contribution >= 0.6 is 52.1 Å². The summed E-state index contributed by atoms with van der Waals surface area (Å²) in [7, 11) is 0. The van der Waals surface area contributed by atoms with Gasteiger partial charge in [0.05, 0.1) is 15.2 Å². The van der Waals surface area contributed by atoms with Crippen molar-refractivity contribution in [3.05, 3.63) is 27.7 Å². The van der Waals surface area contributed by atoms with Crippen molar-refractivity contribution in [2.24, 2.45) is 0 Å². The molecule has 0 bridgehead atoms. The normalized spacial score (nSPS) is 17.5. The largest absolute Gasteiger partial charge is 0.340 e. The smallest absolute Gasteiger partial charge is 0.223 e. The summed E-state index contributed by atoms with van der Waals surface area (Å²) >= 11 is 5.14. The SMILES string of the molecule is CC1CN(C(=O)CCc2nc3cc(Br)ccc3s2)CCN1.Cl.Cl. The number of nitrogens with zero attached hydrogens (tertiary/aromatic N) is 2. The van der Waals surface area contributed by atoms with Crippen LogP contribution in [0, 0.1) is 0 Å². The Morgan fingerprint density at radius 2 is 2.26 bits per heavy atom. The van der Waals surface area contributed by atoms with Gasteiger partial charge >= 0.3 is 0 Å². The van der Waals surface area contributed by atoms with E-state index in [2.05, 4.69) is 39.2 Å². The van der Waals surface area contributed by atoms with Gasteiger partial charge < -0.3 is 10.2 Å². The third-order valence-corrected chi connectivity index (χ3v) is 5.26. The van der Waals surface area contributed by atoms with Gasteiger partial charge in [0.15, 0.2) is 0 Å². The van der Waals surface area contributed by atoms with Crippen LogP contribution < -0.4 is 5.32 Å². The minimum absolute atomic E-state index is 0. The highest BCUT2D eigenvalue weighted by Gasteiger charge is 2.20. The number of halogens is 3. The number of piperazine rings is 1. The molecule has 2 heterocycles. The van der Waals surface area contributed by atoms with Crippen molar-refractivity contribution in [1.82, 2.24) is 15.2 Å². The van der Waals surface area contributed by atoms with Crippen LogP contribution in [0.1, 0.15) is 18.4 Å². The van der Waals surface area contributed by atoms with E-state index in [0.717, 1.165) is 41.1 Å². The predicted molar refractivity (Wildman–Crippen MR) is 104 cm³/mol. The number of carbonyl (C=O) groups excluding carboxylic acids is 1. The van der Waals surface area contributed by atoms with E-state index in [9.17, 15) is 4.79 Å². The Morgan fingerprint density at radius 1 is 1.48 bits per heavy atom. The molecule has 0 aliphatic carbocycles. The number of aryl methyl sites for hydroxylation is 1. The fraction of sp³-hybridized carbons (Fsp3) is 0.467. The second-order valence-electron chi connectivity index (χ2n) is 5.41. The van der Waals surface area contributed by atoms with E-state index in [0.29, 0.717) is 12.5 Å². The number of aromatic nitrogens is 1. The van der Waals surface area contributed by atoms with Crippen molar-refractivity contribution in [1.29, 1.82) is 0 Å². The standard InChI is InChI=1S/C15H18BrN3OS.2ClH/c1-10-9-19(7-6-17-10)15(20)5-4-14-18-12-8-11(16)2-3-13(12)21-14;;/h2-3,8,10,17H,4-7,9H2,1H3;2*1H. The van der Waals surface area contributed by atoms with Crippen molar-refractivity contribution < 1.29 is 4.79 Å². The Balaban J connectivity index is 0.00000132. The zero-order chi connectivity index (χ0) is 14.8. The topological polar surface area (TPSA) is 45.2 Å². The van der Waals surface area contributed by atoms with E-state index in [4.69, 9.17) is 0 Å². The summed E-state index contributed by atoms with van der Waals surface area (Å²) in [6.07, 6.45) is 1.28. The maximum Gasteiger partial charge on any atom is 0.223 e. The third-order valence-electron chi connectivity index (χ3n) is 3.67. The molecule has 1 aliphatic heterocycles. The van der Waals surface area contributed by atoms with Gasteiger partial charge in [-0.05, 0) is 25.1 Å². The Kier molecular flexibility index (Phi) is 8.24. The minimum atomic E-state index is 0. The number of nitrogens with one attached hydrogen (secondary N) is 1. The quantitative estimate of drug-likeness (QED) is 0.791. The Morgan fingerprint density at radius 3 is 3.00 bits per heavy atom. The second-order valence-corrected chi connectivity index (χ2v) is 7.45. The lowest BCUT2D eigenvalue weighted by Crippen LogP contribution is -2.51. The van der Waals surface area contributed by atoms with Crippen LogP contribution in [0.15, 0.2) is 22.7 Å². The molecule has 1 aromatic carbocycles. The molecular formula is C15H20BrCl2N3OS. The highest BCUT2D eigenvalue weighted by atomic mass is 79.9. The zero-order valence-electron chi connectivity index (χ0n) is 12.8. The zero-order valence-corrected chi connectivity index (χ0v) is 16.8. The number of fused-ring (bicyclic) bond motifs is 1. The Labute approximate surface area is 161 Å². The third kappa shape index (κ3) is 5.29. The van der Waals surface area contributed by atoms with Gasteiger partial charge in [-0.2, -0.15) is 0 Å². The number of hydrogen-bond donors (Lipinski definition) is 1. The van der Waals surface area contributed by atoms with E-state index in [1.807, 2.05) is 17.0 Å². The fourth-order valence-corrected chi connectivity index (χ4v) is 3.88. The lowest BCUT2D eigenvalue weighted by atomic mass is 10.2. The molecule has 1 fully saturated rings. The van der Waals surface area contributed by atoms with Gasteiger partial charge in [0.2, 0.25) is 5.91 Å². The molecule has 1 amide bonds. The molecule has 1 aliphatic rings. The molecule has 128 valence electrons. The molecule has 1 aromatic heterocycles. The van der Waals surface area contributed by atoms with Gasteiger partial charge in [0, 0.05) is 43.0 Å². The maximum absolute atomic E-state index is 12.3. The molecule has 4 nitrogen and oxygen atoms in total. The molecule has 23 heavy (non-hydrogen) atoms.